The Morgan fingerprint density at radius 3 is 2.83 bits per heavy atom. The predicted molar refractivity (Wildman–Crippen MR) is 110 cm³/mol. The van der Waals surface area contributed by atoms with Crippen LogP contribution in [0.5, 0.6) is 0 Å². The van der Waals surface area contributed by atoms with Crippen molar-refractivity contribution in [1.82, 2.24) is 15.0 Å². The van der Waals surface area contributed by atoms with E-state index in [0.29, 0.717) is 34.9 Å². The summed E-state index contributed by atoms with van der Waals surface area (Å²) in [6.45, 7) is 3.08. The van der Waals surface area contributed by atoms with Crippen molar-refractivity contribution in [3.05, 3.63) is 46.1 Å². The van der Waals surface area contributed by atoms with Crippen LogP contribution in [0.3, 0.4) is 0 Å². The van der Waals surface area contributed by atoms with E-state index in [1.807, 2.05) is 0 Å². The predicted octanol–water partition coefficient (Wildman–Crippen LogP) is 3.80. The number of carbonyl (C=O) groups is 1. The number of anilines is 1. The first-order chi connectivity index (χ1) is 13.8. The van der Waals surface area contributed by atoms with Crippen molar-refractivity contribution in [2.45, 2.75) is 24.0 Å². The number of halogens is 1. The lowest BCUT2D eigenvalue weighted by atomic mass is 10.2. The van der Waals surface area contributed by atoms with Gasteiger partial charge >= 0.3 is 11.8 Å². The first-order valence-corrected chi connectivity index (χ1v) is 11.6. The van der Waals surface area contributed by atoms with Gasteiger partial charge in [0.2, 0.25) is 5.82 Å². The second-order valence-electron chi connectivity index (χ2n) is 6.59. The molecule has 0 aliphatic carbocycles. The maximum Gasteiger partial charge on any atom is 0.316 e. The fourth-order valence-electron chi connectivity index (χ4n) is 2.97. The van der Waals surface area contributed by atoms with Crippen LogP contribution in [-0.2, 0) is 10.0 Å². The number of hydrogen-bond acceptors (Lipinski definition) is 7. The molecule has 8 nitrogen and oxygen atoms in total. The van der Waals surface area contributed by atoms with Gasteiger partial charge in [-0.3, -0.25) is 9.52 Å². The highest BCUT2D eigenvalue weighted by atomic mass is 35.5. The topological polar surface area (TPSA) is 105 Å². The van der Waals surface area contributed by atoms with Crippen molar-refractivity contribution in [3.8, 4) is 11.4 Å². The molecule has 0 bridgehead atoms. The number of aromatic nitrogens is 2. The third-order valence-electron chi connectivity index (χ3n) is 4.61. The molecule has 0 radical (unpaired) electrons. The van der Waals surface area contributed by atoms with Gasteiger partial charge in [0.25, 0.3) is 10.0 Å². The number of rotatable bonds is 5. The van der Waals surface area contributed by atoms with E-state index in [2.05, 4.69) is 14.9 Å². The van der Waals surface area contributed by atoms with Crippen LogP contribution < -0.4 is 4.72 Å². The average molecular weight is 453 g/mol. The summed E-state index contributed by atoms with van der Waals surface area (Å²) in [5.74, 6) is -0.225. The zero-order chi connectivity index (χ0) is 20.6. The molecule has 1 fully saturated rings. The van der Waals surface area contributed by atoms with Gasteiger partial charge in [0.15, 0.2) is 0 Å². The summed E-state index contributed by atoms with van der Waals surface area (Å²) in [4.78, 5) is 18.1. The minimum absolute atomic E-state index is 0.0871. The number of thiophene rings is 1. The van der Waals surface area contributed by atoms with Crippen LogP contribution in [0.1, 0.15) is 29.1 Å². The zero-order valence-electron chi connectivity index (χ0n) is 15.4. The minimum Gasteiger partial charge on any atom is -0.334 e. The molecule has 29 heavy (non-hydrogen) atoms. The van der Waals surface area contributed by atoms with Crippen molar-refractivity contribution >= 4 is 44.6 Å². The van der Waals surface area contributed by atoms with Gasteiger partial charge in [0.05, 0.1) is 5.69 Å². The van der Waals surface area contributed by atoms with Crippen molar-refractivity contribution in [2.24, 2.45) is 0 Å². The maximum atomic E-state index is 12.7. The summed E-state index contributed by atoms with van der Waals surface area (Å²) in [5, 5.41) is 5.90. The zero-order valence-corrected chi connectivity index (χ0v) is 17.8. The highest BCUT2D eigenvalue weighted by Gasteiger charge is 2.26. The van der Waals surface area contributed by atoms with Crippen molar-refractivity contribution in [2.75, 3.05) is 17.8 Å². The minimum atomic E-state index is -3.81. The maximum absolute atomic E-state index is 12.7. The molecule has 2 aromatic heterocycles. The number of carbonyl (C=O) groups excluding carboxylic acids is 1. The van der Waals surface area contributed by atoms with Crippen LogP contribution >= 0.6 is 22.9 Å². The van der Waals surface area contributed by atoms with E-state index < -0.39 is 10.0 Å². The molecule has 1 aliphatic rings. The van der Waals surface area contributed by atoms with E-state index in [-0.39, 0.29) is 21.8 Å². The summed E-state index contributed by atoms with van der Waals surface area (Å²) in [6, 6.07) is 6.45. The van der Waals surface area contributed by atoms with Gasteiger partial charge in [-0.05, 0) is 43.5 Å². The molecule has 3 aromatic rings. The second-order valence-corrected chi connectivity index (χ2v) is 9.82. The third-order valence-corrected chi connectivity index (χ3v) is 7.83. The summed E-state index contributed by atoms with van der Waals surface area (Å²) < 4.78 is 33.2. The Labute approximate surface area is 176 Å². The number of likely N-dealkylation sites (tertiary alicyclic amines) is 1. The Morgan fingerprint density at radius 2 is 2.07 bits per heavy atom. The highest BCUT2D eigenvalue weighted by Crippen LogP contribution is 2.30. The fraction of sp³-hybridized carbons (Fsp3) is 0.278. The fourth-order valence-corrected chi connectivity index (χ4v) is 5.43. The van der Waals surface area contributed by atoms with Crippen LogP contribution in [0.2, 0.25) is 5.02 Å². The molecule has 0 atom stereocenters. The van der Waals surface area contributed by atoms with Gasteiger partial charge in [-0.1, -0.05) is 22.8 Å². The number of nitrogens with zero attached hydrogens (tertiary/aromatic N) is 3. The molecule has 1 aliphatic heterocycles. The first-order valence-electron chi connectivity index (χ1n) is 8.85. The first kappa shape index (κ1) is 19.9. The molecule has 1 saturated heterocycles. The number of benzene rings is 1. The molecule has 1 N–H and O–H groups in total. The summed E-state index contributed by atoms with van der Waals surface area (Å²) in [5.41, 5.74) is 1.51. The Balaban J connectivity index is 1.55. The van der Waals surface area contributed by atoms with Crippen molar-refractivity contribution in [3.63, 3.8) is 0 Å². The number of hydrogen-bond donors (Lipinski definition) is 1. The SMILES string of the molecule is Cc1c(Cl)cccc1NS(=O)(=O)c1cc(-c2noc(C(=O)N3CCCC3)n2)cs1. The molecular weight excluding hydrogens is 436 g/mol. The van der Waals surface area contributed by atoms with Crippen molar-refractivity contribution < 1.29 is 17.7 Å². The molecule has 0 unspecified atom stereocenters. The van der Waals surface area contributed by atoms with Crippen LogP contribution in [-0.4, -0.2) is 42.5 Å². The summed E-state index contributed by atoms with van der Waals surface area (Å²) in [7, 11) is -3.81. The Hall–Kier alpha value is -2.43. The normalized spacial score (nSPS) is 14.3. The molecule has 0 spiro atoms. The number of amides is 1. The Kier molecular flexibility index (Phi) is 5.32. The molecule has 4 rings (SSSR count). The van der Waals surface area contributed by atoms with E-state index in [0.717, 1.165) is 24.2 Å². The molecular formula is C18H17ClN4O4S2. The lowest BCUT2D eigenvalue weighted by Crippen LogP contribution is -2.27. The standard InChI is InChI=1S/C18H17ClN4O4S2/c1-11-13(19)5-4-6-14(11)22-29(25,26)15-9-12(10-28-15)16-20-17(27-21-16)18(24)23-7-2-3-8-23/h4-6,9-10,22H,2-3,7-8H2,1H3. The highest BCUT2D eigenvalue weighted by molar-refractivity contribution is 7.94. The summed E-state index contributed by atoms with van der Waals surface area (Å²) >= 11 is 7.08. The van der Waals surface area contributed by atoms with Gasteiger partial charge in [-0.25, -0.2) is 8.42 Å². The molecule has 3 heterocycles. The van der Waals surface area contributed by atoms with Crippen molar-refractivity contribution in [1.29, 1.82) is 0 Å². The van der Waals surface area contributed by atoms with Crippen LogP contribution in [0.4, 0.5) is 5.69 Å². The monoisotopic (exact) mass is 452 g/mol. The molecule has 152 valence electrons. The van der Waals surface area contributed by atoms with E-state index in [4.69, 9.17) is 16.1 Å². The largest absolute Gasteiger partial charge is 0.334 e. The lowest BCUT2D eigenvalue weighted by Gasteiger charge is -2.10. The molecule has 0 saturated carbocycles. The third kappa shape index (κ3) is 4.00. The van der Waals surface area contributed by atoms with E-state index in [9.17, 15) is 13.2 Å². The number of nitrogens with one attached hydrogen (secondary N) is 1. The van der Waals surface area contributed by atoms with Gasteiger partial charge in [-0.15, -0.1) is 11.3 Å². The van der Waals surface area contributed by atoms with Gasteiger partial charge in [-0.2, -0.15) is 4.98 Å². The van der Waals surface area contributed by atoms with Crippen LogP contribution in [0.25, 0.3) is 11.4 Å². The quantitative estimate of drug-likeness (QED) is 0.631. The van der Waals surface area contributed by atoms with Gasteiger partial charge < -0.3 is 9.42 Å². The smallest absolute Gasteiger partial charge is 0.316 e. The van der Waals surface area contributed by atoms with E-state index >= 15 is 0 Å². The van der Waals surface area contributed by atoms with E-state index in [1.54, 1.807) is 35.4 Å². The summed E-state index contributed by atoms with van der Waals surface area (Å²) in [6.07, 6.45) is 1.91. The van der Waals surface area contributed by atoms with E-state index in [1.165, 1.54) is 6.07 Å². The Morgan fingerprint density at radius 1 is 1.31 bits per heavy atom. The average Bonchev–Trinajstić information content (AvgIpc) is 3.45. The van der Waals surface area contributed by atoms with Gasteiger partial charge in [0, 0.05) is 29.1 Å². The molecule has 1 aromatic carbocycles. The second kappa shape index (κ2) is 7.77. The Bertz CT molecular complexity index is 1170. The molecule has 11 heteroatoms. The molecule has 1 amide bonds. The lowest BCUT2D eigenvalue weighted by molar-refractivity contribution is 0.0743. The number of sulfonamides is 1. The van der Waals surface area contributed by atoms with Crippen LogP contribution in [0.15, 0.2) is 38.4 Å². The van der Waals surface area contributed by atoms with Crippen LogP contribution in [0, 0.1) is 6.92 Å². The van der Waals surface area contributed by atoms with Gasteiger partial charge in [0.1, 0.15) is 4.21 Å².